The maximum Gasteiger partial charge on any atom is 0.120 e. The maximum absolute atomic E-state index is 5.71. The Labute approximate surface area is 118 Å². The zero-order valence-electron chi connectivity index (χ0n) is 13.3. The second-order valence-electron chi connectivity index (χ2n) is 6.56. The standard InChI is InChI=1S/C17H29NO/c1-13(2)17(5,6)12-18-11-15-8-7-9-16(10-15)19-14(3)4/h7-10,13-14,18H,11-12H2,1-6H3. The third kappa shape index (κ3) is 5.65. The molecule has 0 fully saturated rings. The van der Waals surface area contributed by atoms with Crippen LogP contribution in [0.1, 0.15) is 47.1 Å². The summed E-state index contributed by atoms with van der Waals surface area (Å²) in [6.07, 6.45) is 0.225. The molecular weight excluding hydrogens is 234 g/mol. The SMILES string of the molecule is CC(C)Oc1cccc(CNCC(C)(C)C(C)C)c1. The van der Waals surface area contributed by atoms with Gasteiger partial charge in [-0.2, -0.15) is 0 Å². The first-order valence-corrected chi connectivity index (χ1v) is 7.27. The molecule has 19 heavy (non-hydrogen) atoms. The van der Waals surface area contributed by atoms with Crippen LogP contribution >= 0.6 is 0 Å². The molecule has 0 bridgehead atoms. The molecule has 0 aromatic heterocycles. The van der Waals surface area contributed by atoms with Crippen molar-refractivity contribution in [3.05, 3.63) is 29.8 Å². The van der Waals surface area contributed by atoms with Crippen LogP contribution in [0.2, 0.25) is 0 Å². The Balaban J connectivity index is 2.50. The number of ether oxygens (including phenoxy) is 1. The molecule has 0 heterocycles. The van der Waals surface area contributed by atoms with Crippen LogP contribution in [0.4, 0.5) is 0 Å². The summed E-state index contributed by atoms with van der Waals surface area (Å²) in [5, 5.41) is 3.55. The van der Waals surface area contributed by atoms with Gasteiger partial charge in [-0.05, 0) is 42.9 Å². The lowest BCUT2D eigenvalue weighted by atomic mass is 9.81. The van der Waals surface area contributed by atoms with Crippen molar-refractivity contribution >= 4 is 0 Å². The van der Waals surface area contributed by atoms with Gasteiger partial charge in [0.05, 0.1) is 6.10 Å². The monoisotopic (exact) mass is 263 g/mol. The Bertz CT molecular complexity index is 383. The van der Waals surface area contributed by atoms with Crippen LogP contribution in [0.15, 0.2) is 24.3 Å². The van der Waals surface area contributed by atoms with E-state index in [2.05, 4.69) is 65.1 Å². The van der Waals surface area contributed by atoms with Gasteiger partial charge in [0, 0.05) is 13.1 Å². The summed E-state index contributed by atoms with van der Waals surface area (Å²) >= 11 is 0. The predicted octanol–water partition coefficient (Wildman–Crippen LogP) is 4.25. The summed E-state index contributed by atoms with van der Waals surface area (Å²) in [5.74, 6) is 1.63. The first kappa shape index (κ1) is 16.0. The highest BCUT2D eigenvalue weighted by molar-refractivity contribution is 5.28. The molecule has 0 atom stereocenters. The minimum atomic E-state index is 0.225. The van der Waals surface area contributed by atoms with Crippen molar-refractivity contribution in [2.75, 3.05) is 6.54 Å². The summed E-state index contributed by atoms with van der Waals surface area (Å²) in [6, 6.07) is 8.34. The van der Waals surface area contributed by atoms with Crippen molar-refractivity contribution < 1.29 is 4.74 Å². The predicted molar refractivity (Wildman–Crippen MR) is 82.5 cm³/mol. The first-order chi connectivity index (χ1) is 8.81. The number of hydrogen-bond donors (Lipinski definition) is 1. The fourth-order valence-electron chi connectivity index (χ4n) is 1.73. The molecule has 2 heteroatoms. The van der Waals surface area contributed by atoms with Gasteiger partial charge in [0.25, 0.3) is 0 Å². The van der Waals surface area contributed by atoms with E-state index in [4.69, 9.17) is 4.74 Å². The Morgan fingerprint density at radius 2 is 1.84 bits per heavy atom. The molecule has 1 aromatic rings. The largest absolute Gasteiger partial charge is 0.491 e. The number of nitrogens with one attached hydrogen (secondary N) is 1. The van der Waals surface area contributed by atoms with Crippen molar-refractivity contribution in [1.82, 2.24) is 5.32 Å². The van der Waals surface area contributed by atoms with Crippen molar-refractivity contribution in [3.63, 3.8) is 0 Å². The van der Waals surface area contributed by atoms with Crippen molar-refractivity contribution in [2.45, 2.75) is 54.2 Å². The highest BCUT2D eigenvalue weighted by Crippen LogP contribution is 2.24. The van der Waals surface area contributed by atoms with Crippen LogP contribution < -0.4 is 10.1 Å². The van der Waals surface area contributed by atoms with Crippen molar-refractivity contribution in [3.8, 4) is 5.75 Å². The highest BCUT2D eigenvalue weighted by Gasteiger charge is 2.21. The van der Waals surface area contributed by atoms with Gasteiger partial charge in [-0.3, -0.25) is 0 Å². The van der Waals surface area contributed by atoms with Gasteiger partial charge in [0.15, 0.2) is 0 Å². The van der Waals surface area contributed by atoms with Crippen LogP contribution in [0.25, 0.3) is 0 Å². The third-order valence-electron chi connectivity index (χ3n) is 3.74. The van der Waals surface area contributed by atoms with Gasteiger partial charge < -0.3 is 10.1 Å². The van der Waals surface area contributed by atoms with Crippen LogP contribution in [0.3, 0.4) is 0 Å². The Morgan fingerprint density at radius 1 is 1.16 bits per heavy atom. The van der Waals surface area contributed by atoms with E-state index in [1.54, 1.807) is 0 Å². The summed E-state index contributed by atoms with van der Waals surface area (Å²) in [7, 11) is 0. The van der Waals surface area contributed by atoms with E-state index < -0.39 is 0 Å². The molecule has 2 nitrogen and oxygen atoms in total. The molecule has 0 saturated heterocycles. The highest BCUT2D eigenvalue weighted by atomic mass is 16.5. The second-order valence-corrected chi connectivity index (χ2v) is 6.56. The van der Waals surface area contributed by atoms with E-state index in [1.165, 1.54) is 5.56 Å². The molecule has 0 unspecified atom stereocenters. The van der Waals surface area contributed by atoms with Crippen LogP contribution in [0.5, 0.6) is 5.75 Å². The molecule has 0 radical (unpaired) electrons. The number of hydrogen-bond acceptors (Lipinski definition) is 2. The van der Waals surface area contributed by atoms with Crippen molar-refractivity contribution in [1.29, 1.82) is 0 Å². The van der Waals surface area contributed by atoms with Gasteiger partial charge in [-0.15, -0.1) is 0 Å². The molecule has 0 aliphatic heterocycles. The molecule has 0 aliphatic carbocycles. The molecule has 0 aliphatic rings. The normalized spacial score (nSPS) is 12.2. The number of rotatable bonds is 7. The topological polar surface area (TPSA) is 21.3 Å². The van der Waals surface area contributed by atoms with Crippen LogP contribution in [-0.2, 0) is 6.54 Å². The smallest absolute Gasteiger partial charge is 0.120 e. The lowest BCUT2D eigenvalue weighted by molar-refractivity contribution is 0.237. The fourth-order valence-corrected chi connectivity index (χ4v) is 1.73. The third-order valence-corrected chi connectivity index (χ3v) is 3.74. The van der Waals surface area contributed by atoms with E-state index in [-0.39, 0.29) is 6.10 Å². The van der Waals surface area contributed by atoms with Gasteiger partial charge in [-0.25, -0.2) is 0 Å². The maximum atomic E-state index is 5.71. The Kier molecular flexibility index (Phi) is 5.86. The summed E-state index contributed by atoms with van der Waals surface area (Å²) in [5.41, 5.74) is 1.60. The summed E-state index contributed by atoms with van der Waals surface area (Å²) in [4.78, 5) is 0. The molecule has 1 aromatic carbocycles. The van der Waals surface area contributed by atoms with Gasteiger partial charge >= 0.3 is 0 Å². The molecule has 0 saturated carbocycles. The Morgan fingerprint density at radius 3 is 2.42 bits per heavy atom. The minimum Gasteiger partial charge on any atom is -0.491 e. The first-order valence-electron chi connectivity index (χ1n) is 7.27. The Hall–Kier alpha value is -1.02. The molecular formula is C17H29NO. The molecule has 0 spiro atoms. The number of benzene rings is 1. The van der Waals surface area contributed by atoms with E-state index in [1.807, 2.05) is 6.07 Å². The lowest BCUT2D eigenvalue weighted by Gasteiger charge is -2.29. The lowest BCUT2D eigenvalue weighted by Crippen LogP contribution is -2.33. The van der Waals surface area contributed by atoms with Gasteiger partial charge in [-0.1, -0.05) is 39.8 Å². The van der Waals surface area contributed by atoms with Gasteiger partial charge in [0.2, 0.25) is 0 Å². The van der Waals surface area contributed by atoms with E-state index >= 15 is 0 Å². The molecule has 1 N–H and O–H groups in total. The molecule has 0 amide bonds. The quantitative estimate of drug-likeness (QED) is 0.794. The van der Waals surface area contributed by atoms with Gasteiger partial charge in [0.1, 0.15) is 5.75 Å². The van der Waals surface area contributed by atoms with E-state index in [0.29, 0.717) is 11.3 Å². The molecule has 1 rings (SSSR count). The fraction of sp³-hybridized carbons (Fsp3) is 0.647. The average Bonchev–Trinajstić information content (AvgIpc) is 2.28. The second kappa shape index (κ2) is 6.95. The van der Waals surface area contributed by atoms with E-state index in [9.17, 15) is 0 Å². The minimum absolute atomic E-state index is 0.225. The van der Waals surface area contributed by atoms with Crippen LogP contribution in [-0.4, -0.2) is 12.6 Å². The zero-order chi connectivity index (χ0) is 14.5. The summed E-state index contributed by atoms with van der Waals surface area (Å²) in [6.45, 7) is 15.2. The van der Waals surface area contributed by atoms with Crippen molar-refractivity contribution in [2.24, 2.45) is 11.3 Å². The summed E-state index contributed by atoms with van der Waals surface area (Å²) < 4.78 is 5.71. The zero-order valence-corrected chi connectivity index (χ0v) is 13.3. The van der Waals surface area contributed by atoms with Crippen LogP contribution in [0, 0.1) is 11.3 Å². The molecule has 108 valence electrons. The average molecular weight is 263 g/mol. The van der Waals surface area contributed by atoms with E-state index in [0.717, 1.165) is 18.8 Å².